The first kappa shape index (κ1) is 19.3. The zero-order valence-electron chi connectivity index (χ0n) is 17.6. The quantitative estimate of drug-likeness (QED) is 0.627. The van der Waals surface area contributed by atoms with Crippen molar-refractivity contribution in [2.45, 2.75) is 25.8 Å². The van der Waals surface area contributed by atoms with Crippen LogP contribution in [0.2, 0.25) is 0 Å². The van der Waals surface area contributed by atoms with E-state index in [4.69, 9.17) is 14.5 Å². The van der Waals surface area contributed by atoms with Crippen LogP contribution in [0.3, 0.4) is 0 Å². The molecule has 0 radical (unpaired) electrons. The molecule has 0 bridgehead atoms. The number of likely N-dealkylation sites (N-methyl/N-ethyl adjacent to an activating group) is 1. The van der Waals surface area contributed by atoms with E-state index in [1.165, 1.54) is 0 Å². The van der Waals surface area contributed by atoms with Gasteiger partial charge in [0.15, 0.2) is 11.5 Å². The van der Waals surface area contributed by atoms with Gasteiger partial charge in [0.2, 0.25) is 18.6 Å². The highest BCUT2D eigenvalue weighted by Gasteiger charge is 2.32. The lowest BCUT2D eigenvalue weighted by Gasteiger charge is -2.28. The van der Waals surface area contributed by atoms with Crippen molar-refractivity contribution in [3.8, 4) is 17.4 Å². The van der Waals surface area contributed by atoms with Crippen LogP contribution < -0.4 is 14.4 Å². The third kappa shape index (κ3) is 3.78. The van der Waals surface area contributed by atoms with Crippen LogP contribution in [0.5, 0.6) is 11.5 Å². The molecule has 0 spiro atoms. The standard InChI is InChI=1S/C22H24N6O3/c1-15-10-17(25-22(24-15)27-9-7-23-13-27)18-4-3-8-28(18)21(29)12-26(2)16-5-6-19-20(11-16)31-14-30-19/h5-7,9-11,13,18H,3-4,8,12,14H2,1-2H3. The molecule has 1 unspecified atom stereocenters. The van der Waals surface area contributed by atoms with Gasteiger partial charge in [-0.1, -0.05) is 0 Å². The van der Waals surface area contributed by atoms with Crippen molar-refractivity contribution in [3.63, 3.8) is 0 Å². The van der Waals surface area contributed by atoms with Crippen molar-refractivity contribution >= 4 is 11.6 Å². The van der Waals surface area contributed by atoms with E-state index in [1.54, 1.807) is 17.1 Å². The number of carbonyl (C=O) groups excluding carboxylic acids is 1. The average molecular weight is 420 g/mol. The molecule has 9 heteroatoms. The lowest BCUT2D eigenvalue weighted by molar-refractivity contribution is -0.130. The maximum absolute atomic E-state index is 13.2. The Bertz CT molecular complexity index is 1100. The van der Waals surface area contributed by atoms with Crippen molar-refractivity contribution < 1.29 is 14.3 Å². The predicted octanol–water partition coefficient (Wildman–Crippen LogP) is 2.50. The summed E-state index contributed by atoms with van der Waals surface area (Å²) in [5.41, 5.74) is 2.65. The van der Waals surface area contributed by atoms with Crippen LogP contribution in [-0.4, -0.2) is 57.3 Å². The van der Waals surface area contributed by atoms with E-state index in [2.05, 4.69) is 9.97 Å². The molecule has 0 N–H and O–H groups in total. The second kappa shape index (κ2) is 7.90. The topological polar surface area (TPSA) is 85.6 Å². The number of amides is 1. The van der Waals surface area contributed by atoms with Gasteiger partial charge in [-0.3, -0.25) is 9.36 Å². The van der Waals surface area contributed by atoms with Gasteiger partial charge in [-0.25, -0.2) is 15.0 Å². The maximum atomic E-state index is 13.2. The molecule has 1 aromatic carbocycles. The van der Waals surface area contributed by atoms with E-state index < -0.39 is 0 Å². The Morgan fingerprint density at radius 1 is 1.23 bits per heavy atom. The van der Waals surface area contributed by atoms with E-state index in [-0.39, 0.29) is 25.3 Å². The number of fused-ring (bicyclic) bond motifs is 1. The zero-order valence-corrected chi connectivity index (χ0v) is 17.6. The summed E-state index contributed by atoms with van der Waals surface area (Å²) in [6.45, 7) is 3.17. The molecule has 1 amide bonds. The summed E-state index contributed by atoms with van der Waals surface area (Å²) in [4.78, 5) is 30.4. The average Bonchev–Trinajstić information content (AvgIpc) is 3.54. The summed E-state index contributed by atoms with van der Waals surface area (Å²) in [6, 6.07) is 7.63. The van der Waals surface area contributed by atoms with Gasteiger partial charge in [-0.15, -0.1) is 0 Å². The molecule has 3 aromatic rings. The molecule has 0 aliphatic carbocycles. The molecule has 1 fully saturated rings. The van der Waals surface area contributed by atoms with E-state index >= 15 is 0 Å². The molecule has 5 rings (SSSR count). The fourth-order valence-electron chi connectivity index (χ4n) is 4.12. The van der Waals surface area contributed by atoms with Gasteiger partial charge in [0.05, 0.1) is 18.3 Å². The first-order valence-corrected chi connectivity index (χ1v) is 10.3. The lowest BCUT2D eigenvalue weighted by atomic mass is 10.1. The number of aryl methyl sites for hydroxylation is 1. The van der Waals surface area contributed by atoms with E-state index in [0.29, 0.717) is 11.7 Å². The fourth-order valence-corrected chi connectivity index (χ4v) is 4.12. The Labute approximate surface area is 180 Å². The third-order valence-corrected chi connectivity index (χ3v) is 5.68. The number of ether oxygens (including phenoxy) is 2. The minimum Gasteiger partial charge on any atom is -0.454 e. The second-order valence-corrected chi connectivity index (χ2v) is 7.84. The molecule has 2 aromatic heterocycles. The minimum atomic E-state index is -0.0541. The molecule has 2 aliphatic rings. The van der Waals surface area contributed by atoms with Crippen LogP contribution in [-0.2, 0) is 4.79 Å². The molecular weight excluding hydrogens is 396 g/mol. The van der Waals surface area contributed by atoms with Gasteiger partial charge in [-0.05, 0) is 38.0 Å². The number of rotatable bonds is 5. The molecule has 4 heterocycles. The number of benzene rings is 1. The number of hydrogen-bond acceptors (Lipinski definition) is 7. The van der Waals surface area contributed by atoms with Crippen molar-refractivity contribution in [1.82, 2.24) is 24.4 Å². The summed E-state index contributed by atoms with van der Waals surface area (Å²) >= 11 is 0. The largest absolute Gasteiger partial charge is 0.454 e. The zero-order chi connectivity index (χ0) is 21.4. The van der Waals surface area contributed by atoms with Gasteiger partial charge < -0.3 is 19.3 Å². The Morgan fingerprint density at radius 2 is 2.10 bits per heavy atom. The number of imidazole rings is 1. The molecular formula is C22H24N6O3. The van der Waals surface area contributed by atoms with Crippen LogP contribution in [0.25, 0.3) is 5.95 Å². The number of nitrogens with zero attached hydrogens (tertiary/aromatic N) is 6. The Morgan fingerprint density at radius 3 is 2.94 bits per heavy atom. The molecule has 0 saturated carbocycles. The highest BCUT2D eigenvalue weighted by molar-refractivity contribution is 5.82. The first-order chi connectivity index (χ1) is 15.1. The van der Waals surface area contributed by atoms with Crippen molar-refractivity contribution in [1.29, 1.82) is 0 Å². The summed E-state index contributed by atoms with van der Waals surface area (Å²) in [6.07, 6.45) is 7.03. The number of hydrogen-bond donors (Lipinski definition) is 0. The SMILES string of the molecule is Cc1cc(C2CCCN2C(=O)CN(C)c2ccc3c(c2)OCO3)nc(-n2ccnc2)n1. The monoisotopic (exact) mass is 420 g/mol. The molecule has 31 heavy (non-hydrogen) atoms. The van der Waals surface area contributed by atoms with Crippen molar-refractivity contribution in [2.75, 3.05) is 31.8 Å². The summed E-state index contributed by atoms with van der Waals surface area (Å²) < 4.78 is 12.6. The predicted molar refractivity (Wildman–Crippen MR) is 113 cm³/mol. The minimum absolute atomic E-state index is 0.0541. The summed E-state index contributed by atoms with van der Waals surface area (Å²) in [5, 5.41) is 0. The number of anilines is 1. The Kier molecular flexibility index (Phi) is 4.93. The number of likely N-dealkylation sites (tertiary alicyclic amines) is 1. The van der Waals surface area contributed by atoms with Gasteiger partial charge >= 0.3 is 0 Å². The highest BCUT2D eigenvalue weighted by atomic mass is 16.7. The van der Waals surface area contributed by atoms with E-state index in [1.807, 2.05) is 54.2 Å². The van der Waals surface area contributed by atoms with E-state index in [9.17, 15) is 4.79 Å². The first-order valence-electron chi connectivity index (χ1n) is 10.3. The third-order valence-electron chi connectivity index (χ3n) is 5.68. The van der Waals surface area contributed by atoms with Gasteiger partial charge in [0.25, 0.3) is 0 Å². The molecule has 1 saturated heterocycles. The van der Waals surface area contributed by atoms with Gasteiger partial charge in [0.1, 0.15) is 6.33 Å². The fraction of sp³-hybridized carbons (Fsp3) is 0.364. The smallest absolute Gasteiger partial charge is 0.242 e. The Hall–Kier alpha value is -3.62. The van der Waals surface area contributed by atoms with Crippen molar-refractivity contribution in [3.05, 3.63) is 54.4 Å². The van der Waals surface area contributed by atoms with E-state index in [0.717, 1.165) is 42.2 Å². The second-order valence-electron chi connectivity index (χ2n) is 7.84. The molecule has 9 nitrogen and oxygen atoms in total. The van der Waals surface area contributed by atoms with Crippen molar-refractivity contribution in [2.24, 2.45) is 0 Å². The highest BCUT2D eigenvalue weighted by Crippen LogP contribution is 2.36. The summed E-state index contributed by atoms with van der Waals surface area (Å²) in [7, 11) is 1.91. The van der Waals surface area contributed by atoms with Crippen LogP contribution in [0.15, 0.2) is 43.0 Å². The molecule has 1 atom stereocenters. The normalized spacial score (nSPS) is 17.2. The van der Waals surface area contributed by atoms with Gasteiger partial charge in [0, 0.05) is 43.4 Å². The van der Waals surface area contributed by atoms with Gasteiger partial charge in [-0.2, -0.15) is 0 Å². The number of carbonyl (C=O) groups is 1. The lowest BCUT2D eigenvalue weighted by Crippen LogP contribution is -2.39. The number of aromatic nitrogens is 4. The molecule has 2 aliphatic heterocycles. The molecule has 160 valence electrons. The van der Waals surface area contributed by atoms with Crippen LogP contribution >= 0.6 is 0 Å². The van der Waals surface area contributed by atoms with Crippen LogP contribution in [0.4, 0.5) is 5.69 Å². The van der Waals surface area contributed by atoms with Crippen LogP contribution in [0, 0.1) is 6.92 Å². The summed E-state index contributed by atoms with van der Waals surface area (Å²) in [5.74, 6) is 2.09. The maximum Gasteiger partial charge on any atom is 0.242 e. The Balaban J connectivity index is 1.34. The van der Waals surface area contributed by atoms with Crippen LogP contribution in [0.1, 0.15) is 30.3 Å².